The average Bonchev–Trinajstić information content (AvgIpc) is 2.87. The molecule has 0 radical (unpaired) electrons. The molecule has 2 aromatic carbocycles. The second-order valence-electron chi connectivity index (χ2n) is 8.39. The second kappa shape index (κ2) is 10.8. The summed E-state index contributed by atoms with van der Waals surface area (Å²) >= 11 is 0. The van der Waals surface area contributed by atoms with Gasteiger partial charge >= 0.3 is 0 Å². The lowest BCUT2D eigenvalue weighted by atomic mass is 9.97. The number of anilines is 1. The molecule has 0 amide bonds. The van der Waals surface area contributed by atoms with E-state index in [9.17, 15) is 0 Å². The molecule has 35 heavy (non-hydrogen) atoms. The Bertz CT molecular complexity index is 1300. The van der Waals surface area contributed by atoms with E-state index >= 15 is 8.78 Å². The third-order valence-electron chi connectivity index (χ3n) is 5.94. The zero-order valence-electron chi connectivity index (χ0n) is 20.1. The van der Waals surface area contributed by atoms with Crippen molar-refractivity contribution in [3.63, 3.8) is 0 Å². The van der Waals surface area contributed by atoms with Crippen molar-refractivity contribution in [2.45, 2.75) is 20.0 Å². The first-order valence-electron chi connectivity index (χ1n) is 11.4. The van der Waals surface area contributed by atoms with Crippen molar-refractivity contribution in [2.24, 2.45) is 4.99 Å². The monoisotopic (exact) mass is 478 g/mol. The van der Waals surface area contributed by atoms with Crippen molar-refractivity contribution in [1.29, 1.82) is 0 Å². The quantitative estimate of drug-likeness (QED) is 0.411. The molecule has 0 N–H and O–H groups in total. The summed E-state index contributed by atoms with van der Waals surface area (Å²) in [6.45, 7) is 10.3. The third kappa shape index (κ3) is 5.13. The Morgan fingerprint density at radius 2 is 1.91 bits per heavy atom. The van der Waals surface area contributed by atoms with Gasteiger partial charge in [-0.25, -0.2) is 18.7 Å². The Hall–Kier alpha value is -3.49. The lowest BCUT2D eigenvalue weighted by Crippen LogP contribution is -2.36. The number of nitrogens with zero attached hydrogens (tertiary/aromatic N) is 4. The molecule has 182 valence electrons. The molecule has 1 fully saturated rings. The SMILES string of the molecule is C=CC=NC(=C(C)C)C(OC)c1cc(-c2ncnc3cc(N4CCOCC4)ccc23)c(F)cc1F. The van der Waals surface area contributed by atoms with E-state index in [1.54, 1.807) is 0 Å². The van der Waals surface area contributed by atoms with Crippen LogP contribution in [0.2, 0.25) is 0 Å². The van der Waals surface area contributed by atoms with Gasteiger partial charge in [-0.05, 0) is 38.1 Å². The fraction of sp³-hybridized carbons (Fsp3) is 0.296. The van der Waals surface area contributed by atoms with Gasteiger partial charge in [0.1, 0.15) is 24.1 Å². The van der Waals surface area contributed by atoms with Gasteiger partial charge in [0.2, 0.25) is 0 Å². The number of aliphatic imine (C=N–C) groups is 1. The molecular formula is C27H28F2N4O2. The maximum atomic E-state index is 15.1. The summed E-state index contributed by atoms with van der Waals surface area (Å²) in [6, 6.07) is 8.11. The van der Waals surface area contributed by atoms with Gasteiger partial charge in [0, 0.05) is 54.7 Å². The Morgan fingerprint density at radius 1 is 1.14 bits per heavy atom. The topological polar surface area (TPSA) is 59.8 Å². The molecule has 0 saturated carbocycles. The van der Waals surface area contributed by atoms with E-state index in [0.717, 1.165) is 30.4 Å². The lowest BCUT2D eigenvalue weighted by Gasteiger charge is -2.29. The minimum absolute atomic E-state index is 0.163. The van der Waals surface area contributed by atoms with Crippen molar-refractivity contribution in [3.05, 3.63) is 77.8 Å². The number of ether oxygens (including phenoxy) is 2. The number of hydrogen-bond acceptors (Lipinski definition) is 6. The third-order valence-corrected chi connectivity index (χ3v) is 5.94. The molecule has 1 saturated heterocycles. The predicted molar refractivity (Wildman–Crippen MR) is 135 cm³/mol. The molecule has 0 aliphatic carbocycles. The molecular weight excluding hydrogens is 450 g/mol. The highest BCUT2D eigenvalue weighted by Gasteiger charge is 2.24. The van der Waals surface area contributed by atoms with Crippen LogP contribution in [-0.2, 0) is 9.47 Å². The van der Waals surface area contributed by atoms with Crippen LogP contribution in [0, 0.1) is 11.6 Å². The molecule has 1 aliphatic heterocycles. The van der Waals surface area contributed by atoms with Gasteiger partial charge < -0.3 is 14.4 Å². The highest BCUT2D eigenvalue weighted by Crippen LogP contribution is 2.36. The van der Waals surface area contributed by atoms with Crippen LogP contribution in [0.5, 0.6) is 0 Å². The molecule has 1 unspecified atom stereocenters. The molecule has 1 atom stereocenters. The number of benzene rings is 2. The van der Waals surface area contributed by atoms with Crippen molar-refractivity contribution < 1.29 is 18.3 Å². The smallest absolute Gasteiger partial charge is 0.135 e. The van der Waals surface area contributed by atoms with Crippen LogP contribution >= 0.6 is 0 Å². The largest absolute Gasteiger partial charge is 0.378 e. The molecule has 0 spiro atoms. The number of hydrogen-bond donors (Lipinski definition) is 0. The summed E-state index contributed by atoms with van der Waals surface area (Å²) in [4.78, 5) is 15.4. The molecule has 1 aliphatic rings. The molecule has 0 bridgehead atoms. The van der Waals surface area contributed by atoms with Crippen LogP contribution in [0.25, 0.3) is 22.2 Å². The van der Waals surface area contributed by atoms with E-state index in [2.05, 4.69) is 26.4 Å². The Balaban J connectivity index is 1.82. The standard InChI is InChI=1S/C27H28F2N4O2/c1-5-8-30-25(17(2)3)27(34-4)21-14-20(22(28)15-23(21)29)26-19-7-6-18(13-24(19)31-16-32-26)33-9-11-35-12-10-33/h5-8,13-16,27H,1,9-12H2,2-4H3. The van der Waals surface area contributed by atoms with Crippen LogP contribution in [0.15, 0.2) is 65.6 Å². The van der Waals surface area contributed by atoms with Crippen LogP contribution < -0.4 is 4.90 Å². The van der Waals surface area contributed by atoms with Crippen molar-refractivity contribution >= 4 is 22.8 Å². The van der Waals surface area contributed by atoms with E-state index in [4.69, 9.17) is 9.47 Å². The van der Waals surface area contributed by atoms with Crippen molar-refractivity contribution in [2.75, 3.05) is 38.3 Å². The molecule has 3 aromatic rings. The normalized spacial score (nSPS) is 14.9. The maximum absolute atomic E-state index is 15.1. The van der Waals surface area contributed by atoms with Gasteiger partial charge in [0.05, 0.1) is 30.1 Å². The van der Waals surface area contributed by atoms with E-state index in [1.165, 1.54) is 31.8 Å². The van der Waals surface area contributed by atoms with E-state index in [1.807, 2.05) is 32.0 Å². The van der Waals surface area contributed by atoms with Gasteiger partial charge in [-0.2, -0.15) is 0 Å². The van der Waals surface area contributed by atoms with E-state index in [-0.39, 0.29) is 11.1 Å². The minimum Gasteiger partial charge on any atom is -0.378 e. The second-order valence-corrected chi connectivity index (χ2v) is 8.39. The summed E-state index contributed by atoms with van der Waals surface area (Å²) in [5.41, 5.74) is 3.75. The summed E-state index contributed by atoms with van der Waals surface area (Å²) in [5, 5.41) is 0.669. The average molecular weight is 479 g/mol. The van der Waals surface area contributed by atoms with Crippen LogP contribution in [-0.4, -0.2) is 49.6 Å². The maximum Gasteiger partial charge on any atom is 0.135 e. The van der Waals surface area contributed by atoms with Gasteiger partial charge in [0.15, 0.2) is 0 Å². The first-order valence-corrected chi connectivity index (χ1v) is 11.4. The molecule has 1 aromatic heterocycles. The molecule has 8 heteroatoms. The summed E-state index contributed by atoms with van der Waals surface area (Å²) in [7, 11) is 1.47. The predicted octanol–water partition coefficient (Wildman–Crippen LogP) is 5.65. The Morgan fingerprint density at radius 3 is 2.60 bits per heavy atom. The van der Waals surface area contributed by atoms with Crippen LogP contribution in [0.1, 0.15) is 25.5 Å². The minimum atomic E-state index is -0.837. The van der Waals surface area contributed by atoms with Gasteiger partial charge in [-0.15, -0.1) is 0 Å². The van der Waals surface area contributed by atoms with Crippen LogP contribution in [0.3, 0.4) is 0 Å². The number of rotatable bonds is 7. The molecule has 6 nitrogen and oxygen atoms in total. The summed E-state index contributed by atoms with van der Waals surface area (Å²) in [6.07, 6.45) is 3.60. The highest BCUT2D eigenvalue weighted by molar-refractivity contribution is 5.94. The molecule has 4 rings (SSSR count). The van der Waals surface area contributed by atoms with Gasteiger partial charge in [-0.3, -0.25) is 4.99 Å². The van der Waals surface area contributed by atoms with Crippen LogP contribution in [0.4, 0.5) is 14.5 Å². The van der Waals surface area contributed by atoms with E-state index in [0.29, 0.717) is 35.5 Å². The zero-order chi connectivity index (χ0) is 24.9. The summed E-state index contributed by atoms with van der Waals surface area (Å²) < 4.78 is 41.2. The number of allylic oxidation sites excluding steroid dienone is 2. The zero-order valence-corrected chi connectivity index (χ0v) is 20.1. The van der Waals surface area contributed by atoms with E-state index < -0.39 is 17.7 Å². The lowest BCUT2D eigenvalue weighted by molar-refractivity contribution is 0.122. The number of fused-ring (bicyclic) bond motifs is 1. The Kier molecular flexibility index (Phi) is 7.63. The first kappa shape index (κ1) is 24.6. The number of aromatic nitrogens is 2. The molecule has 2 heterocycles. The number of morpholine rings is 1. The number of methoxy groups -OCH3 is 1. The van der Waals surface area contributed by atoms with Gasteiger partial charge in [-0.1, -0.05) is 18.2 Å². The fourth-order valence-electron chi connectivity index (χ4n) is 4.20. The Labute approximate surface area is 203 Å². The van der Waals surface area contributed by atoms with Crippen molar-refractivity contribution in [3.8, 4) is 11.3 Å². The van der Waals surface area contributed by atoms with Gasteiger partial charge in [0.25, 0.3) is 0 Å². The highest BCUT2D eigenvalue weighted by atomic mass is 19.1. The summed E-state index contributed by atoms with van der Waals surface area (Å²) in [5.74, 6) is -1.44. The fourth-order valence-corrected chi connectivity index (χ4v) is 4.20. The van der Waals surface area contributed by atoms with Crippen molar-refractivity contribution in [1.82, 2.24) is 9.97 Å². The number of halogens is 2. The first-order chi connectivity index (χ1) is 16.9.